The summed E-state index contributed by atoms with van der Waals surface area (Å²) in [5.41, 5.74) is 7.97. The number of hydrogen-bond acceptors (Lipinski definition) is 17. The van der Waals surface area contributed by atoms with Gasteiger partial charge in [-0.1, -0.05) is 58.0 Å². The number of para-hydroxylation sites is 2. The maximum absolute atomic E-state index is 14.1. The monoisotopic (exact) mass is 1210 g/mol. The zero-order chi connectivity index (χ0) is 60.6. The number of anilines is 3. The van der Waals surface area contributed by atoms with Crippen LogP contribution in [0.15, 0.2) is 101 Å². The van der Waals surface area contributed by atoms with Gasteiger partial charge in [-0.3, -0.25) is 57.5 Å². The van der Waals surface area contributed by atoms with Crippen molar-refractivity contribution in [2.45, 2.75) is 114 Å². The Morgan fingerprint density at radius 2 is 1.27 bits per heavy atom. The van der Waals surface area contributed by atoms with E-state index >= 15 is 0 Å². The summed E-state index contributed by atoms with van der Waals surface area (Å²) in [6.07, 6.45) is 5.09. The Labute approximate surface area is 501 Å². The minimum atomic E-state index is -4.06. The van der Waals surface area contributed by atoms with Crippen LogP contribution in [0, 0.1) is 6.92 Å². The van der Waals surface area contributed by atoms with Crippen molar-refractivity contribution in [2.75, 3.05) is 48.7 Å². The van der Waals surface area contributed by atoms with Crippen molar-refractivity contribution in [2.24, 2.45) is 9.98 Å². The number of aryl methyl sites for hydroxylation is 1. The number of nitrogens with one attached hydrogen (secondary N) is 3. The predicted molar refractivity (Wildman–Crippen MR) is 329 cm³/mol. The summed E-state index contributed by atoms with van der Waals surface area (Å²) in [6, 6.07) is 27.4. The van der Waals surface area contributed by atoms with E-state index in [1.54, 1.807) is 58.6 Å². The van der Waals surface area contributed by atoms with E-state index in [-0.39, 0.29) is 98.5 Å². The van der Waals surface area contributed by atoms with Crippen LogP contribution in [-0.2, 0) is 64.3 Å². The number of aliphatic imine (C=N–C) groups is 2. The largest absolute Gasteiger partial charge is 0.493 e. The molecule has 23 heteroatoms. The summed E-state index contributed by atoms with van der Waals surface area (Å²) in [6.45, 7) is 5.44. The minimum Gasteiger partial charge on any atom is -0.493 e. The number of nitrogens with zero attached hydrogens (tertiary/aromatic N) is 4. The van der Waals surface area contributed by atoms with Gasteiger partial charge in [-0.2, -0.15) is 8.42 Å². The van der Waals surface area contributed by atoms with E-state index < -0.39 is 33.1 Å². The van der Waals surface area contributed by atoms with Gasteiger partial charge in [-0.25, -0.2) is 0 Å². The lowest BCUT2D eigenvalue weighted by Gasteiger charge is -2.23. The second kappa shape index (κ2) is 27.0. The molecule has 5 aromatic carbocycles. The highest BCUT2D eigenvalue weighted by Gasteiger charge is 2.38. The van der Waals surface area contributed by atoms with E-state index in [0.29, 0.717) is 87.1 Å². The van der Waals surface area contributed by atoms with Crippen LogP contribution < -0.4 is 40.0 Å². The van der Waals surface area contributed by atoms with Crippen LogP contribution >= 0.6 is 21.6 Å². The van der Waals surface area contributed by atoms with Crippen molar-refractivity contribution in [3.63, 3.8) is 0 Å². The molecule has 0 fully saturated rings. The molecule has 0 spiro atoms. The Balaban J connectivity index is 0.808. The van der Waals surface area contributed by atoms with E-state index in [2.05, 4.69) is 20.1 Å². The van der Waals surface area contributed by atoms with Gasteiger partial charge in [0.15, 0.2) is 22.5 Å². The van der Waals surface area contributed by atoms with E-state index in [1.165, 1.54) is 35.7 Å². The van der Waals surface area contributed by atoms with Crippen LogP contribution in [0.2, 0.25) is 0 Å². The summed E-state index contributed by atoms with van der Waals surface area (Å²) in [7, 11) is 2.66. The maximum Gasteiger partial charge on any atom is 0.279 e. The summed E-state index contributed by atoms with van der Waals surface area (Å²) in [4.78, 5) is 105. The third kappa shape index (κ3) is 14.8. The van der Waals surface area contributed by atoms with Gasteiger partial charge in [0.2, 0.25) is 17.7 Å². The topological polar surface area (TPSA) is 258 Å². The van der Waals surface area contributed by atoms with Crippen LogP contribution in [-0.4, -0.2) is 118 Å². The third-order valence-corrected chi connectivity index (χ3v) is 20.0. The molecule has 0 bridgehead atoms. The Hall–Kier alpha value is -7.86. The van der Waals surface area contributed by atoms with Crippen LogP contribution in [0.3, 0.4) is 0 Å². The molecule has 3 N–H and O–H groups in total. The van der Waals surface area contributed by atoms with Crippen LogP contribution in [0.5, 0.6) is 17.2 Å². The lowest BCUT2D eigenvalue weighted by Crippen LogP contribution is -2.39. The second-order valence-electron chi connectivity index (χ2n) is 21.6. The number of fused-ring (bicyclic) bond motifs is 8. The molecule has 446 valence electrons. The van der Waals surface area contributed by atoms with Crippen molar-refractivity contribution < 1.29 is 60.4 Å². The fraction of sp³-hybridized carbons (Fsp3) is 0.371. The van der Waals surface area contributed by atoms with Crippen LogP contribution in [0.1, 0.15) is 107 Å². The van der Waals surface area contributed by atoms with Gasteiger partial charge in [-0.15, -0.1) is 0 Å². The standard InChI is InChI=1S/C62H67N7O13S3/c1-37-23-47-49(64-32-43-27-40-11-7-9-13-51(40)68(43)60(47)75)30-53(37)81-35-38-24-39(36-82-55-31-50-48(29-54(55)79-5)61(76)69-44(33-65-50)28-41-12-8-10-14-52(41)69)26-42(25-38)67-58(73)18-16-46(71)34-66-57(72)17-15-45(70)19-21-62(2,3)84-83-22-20-56(59(74)63-4)85(77,78)80-6/h7-14,23-26,29-33,43-44,56H,15-22,27-28,34-36H2,1-6H3,(H,63,74)(H,66,72)(H,67,73)/t43-,44-,56?/m0/s1. The fourth-order valence-corrected chi connectivity index (χ4v) is 14.3. The molecule has 4 aliphatic rings. The van der Waals surface area contributed by atoms with Gasteiger partial charge >= 0.3 is 0 Å². The molecule has 0 aromatic heterocycles. The Morgan fingerprint density at radius 3 is 1.87 bits per heavy atom. The van der Waals surface area contributed by atoms with Crippen LogP contribution in [0.4, 0.5) is 28.4 Å². The number of ketones is 2. The highest BCUT2D eigenvalue weighted by molar-refractivity contribution is 8.77. The number of Topliss-reactive ketones (excluding diaryl/α,β-unsaturated/α-hetero) is 2. The number of rotatable bonds is 27. The van der Waals surface area contributed by atoms with Gasteiger partial charge in [-0.05, 0) is 104 Å². The number of hydrogen-bond donors (Lipinski definition) is 3. The maximum atomic E-state index is 14.1. The molecule has 9 rings (SSSR count). The molecule has 0 aliphatic carbocycles. The summed E-state index contributed by atoms with van der Waals surface area (Å²) in [5, 5.41) is 6.47. The molecule has 5 aromatic rings. The van der Waals surface area contributed by atoms with E-state index in [9.17, 15) is 42.0 Å². The smallest absolute Gasteiger partial charge is 0.279 e. The van der Waals surface area contributed by atoms with Crippen molar-refractivity contribution in [1.29, 1.82) is 0 Å². The first-order valence-corrected chi connectivity index (χ1v) is 31.6. The lowest BCUT2D eigenvalue weighted by molar-refractivity contribution is -0.127. The number of amides is 5. The van der Waals surface area contributed by atoms with Crippen molar-refractivity contribution >= 4 is 114 Å². The minimum absolute atomic E-state index is 0.0166. The van der Waals surface area contributed by atoms with Gasteiger partial charge in [0.1, 0.15) is 24.7 Å². The number of carbonyl (C=O) groups is 7. The first-order valence-electron chi connectivity index (χ1n) is 27.8. The number of ether oxygens (including phenoxy) is 3. The molecular weight excluding hydrogens is 1150 g/mol. The van der Waals surface area contributed by atoms with Gasteiger partial charge in [0.05, 0.1) is 55.3 Å². The molecule has 85 heavy (non-hydrogen) atoms. The van der Waals surface area contributed by atoms with Crippen molar-refractivity contribution in [3.05, 3.63) is 130 Å². The molecule has 20 nitrogen and oxygen atoms in total. The quantitative estimate of drug-likeness (QED) is 0.0252. The molecule has 3 atom stereocenters. The normalized spacial score (nSPS) is 15.9. The molecular formula is C62H67N7O13S3. The van der Waals surface area contributed by atoms with Gasteiger partial charge in [0.25, 0.3) is 21.9 Å². The first kappa shape index (κ1) is 61.7. The predicted octanol–water partition coefficient (Wildman–Crippen LogP) is 8.91. The second-order valence-corrected chi connectivity index (χ2v) is 26.6. The van der Waals surface area contributed by atoms with Crippen LogP contribution in [0.25, 0.3) is 0 Å². The average molecular weight is 1210 g/mol. The molecule has 1 unspecified atom stereocenters. The number of benzene rings is 5. The lowest BCUT2D eigenvalue weighted by atomic mass is 10.0. The Bertz CT molecular complexity index is 3630. The molecule has 4 aliphatic heterocycles. The molecule has 0 saturated carbocycles. The van der Waals surface area contributed by atoms with E-state index in [1.807, 2.05) is 75.4 Å². The Morgan fingerprint density at radius 1 is 0.706 bits per heavy atom. The highest BCUT2D eigenvalue weighted by atomic mass is 33.1. The van der Waals surface area contributed by atoms with Gasteiger partial charge in [0, 0.05) is 104 Å². The third-order valence-electron chi connectivity index (χ3n) is 15.0. The molecule has 5 amide bonds. The summed E-state index contributed by atoms with van der Waals surface area (Å²) < 4.78 is 47.2. The molecule has 0 saturated heterocycles. The summed E-state index contributed by atoms with van der Waals surface area (Å²) >= 11 is 0. The van der Waals surface area contributed by atoms with Gasteiger partial charge < -0.3 is 30.2 Å². The zero-order valence-electron chi connectivity index (χ0n) is 48.1. The first-order chi connectivity index (χ1) is 40.7. The van der Waals surface area contributed by atoms with Crippen molar-refractivity contribution in [3.8, 4) is 17.2 Å². The van der Waals surface area contributed by atoms with E-state index in [4.69, 9.17) is 24.2 Å². The zero-order valence-corrected chi connectivity index (χ0v) is 50.5. The summed E-state index contributed by atoms with van der Waals surface area (Å²) in [5.74, 6) is -0.978. The molecule has 4 heterocycles. The van der Waals surface area contributed by atoms with Crippen molar-refractivity contribution in [1.82, 2.24) is 10.6 Å². The number of carbonyl (C=O) groups excluding carboxylic acids is 7. The number of methoxy groups -OCH3 is 1. The average Bonchev–Trinajstić information content (AvgIpc) is 2.03. The highest BCUT2D eigenvalue weighted by Crippen LogP contribution is 2.43. The molecule has 0 radical (unpaired) electrons. The van der Waals surface area contributed by atoms with E-state index in [0.717, 1.165) is 29.6 Å². The Kier molecular flexibility index (Phi) is 19.6. The fourth-order valence-electron chi connectivity index (χ4n) is 10.5. The SMILES string of the molecule is CNC(=O)C(CCSSC(C)(C)CCC(=O)CCC(=O)NCC(=O)CCC(=O)Nc1cc(COc2cc3c(cc2C)C(=O)N2c4ccccc4C[C@H]2C=N3)cc(COc2cc3c(cc2OC)C(=O)N2c4ccccc4C[C@H]2C=N3)c1)S(=O)(=O)OC.